The minimum Gasteiger partial charge on any atom is -0.496 e. The molecule has 1 amide bonds. The molecule has 2 aliphatic heterocycles. The summed E-state index contributed by atoms with van der Waals surface area (Å²) in [6, 6.07) is 9.46. The highest BCUT2D eigenvalue weighted by Crippen LogP contribution is 2.39. The van der Waals surface area contributed by atoms with Gasteiger partial charge in [0.15, 0.2) is 0 Å². The van der Waals surface area contributed by atoms with Crippen molar-refractivity contribution in [1.29, 1.82) is 0 Å². The highest BCUT2D eigenvalue weighted by Gasteiger charge is 2.29. The minimum absolute atomic E-state index is 0.0792. The highest BCUT2D eigenvalue weighted by molar-refractivity contribution is 7.86. The smallest absolute Gasteiger partial charge is 0.306 e. The molecule has 1 unspecified atom stereocenters. The van der Waals surface area contributed by atoms with Gasteiger partial charge in [0, 0.05) is 35.5 Å². The lowest BCUT2D eigenvalue weighted by Gasteiger charge is -2.31. The second kappa shape index (κ2) is 11.9. The lowest BCUT2D eigenvalue weighted by Crippen LogP contribution is -2.38. The summed E-state index contributed by atoms with van der Waals surface area (Å²) >= 11 is 1.57. The van der Waals surface area contributed by atoms with Gasteiger partial charge < -0.3 is 23.3 Å². The fourth-order valence-corrected chi connectivity index (χ4v) is 6.65. The van der Waals surface area contributed by atoms with Crippen molar-refractivity contribution < 1.29 is 31.6 Å². The van der Waals surface area contributed by atoms with Gasteiger partial charge in [-0.25, -0.2) is 4.98 Å². The number of aryl methyl sites for hydroxylation is 2. The van der Waals surface area contributed by atoms with Crippen LogP contribution in [0.3, 0.4) is 0 Å². The first kappa shape index (κ1) is 28.5. The summed E-state index contributed by atoms with van der Waals surface area (Å²) in [5, 5.41) is 2.95. The van der Waals surface area contributed by atoms with Gasteiger partial charge in [-0.2, -0.15) is 8.42 Å². The normalized spacial score (nSPS) is 18.2. The number of hydrogen-bond acceptors (Lipinski definition) is 9. The Kier molecular flexibility index (Phi) is 8.46. The van der Waals surface area contributed by atoms with E-state index in [-0.39, 0.29) is 30.8 Å². The van der Waals surface area contributed by atoms with Crippen molar-refractivity contribution in [2.45, 2.75) is 58.5 Å². The molecule has 5 rings (SSSR count). The number of hydrogen-bond donors (Lipinski definition) is 0. The van der Waals surface area contributed by atoms with Crippen LogP contribution in [-0.2, 0) is 44.0 Å². The second-order valence-electron chi connectivity index (χ2n) is 10.3. The Bertz CT molecular complexity index is 1490. The molecule has 0 bridgehead atoms. The number of amides is 1. The van der Waals surface area contributed by atoms with E-state index >= 15 is 0 Å². The summed E-state index contributed by atoms with van der Waals surface area (Å²) < 4.78 is 46.3. The molecule has 1 fully saturated rings. The molecule has 3 heterocycles. The number of piperidine rings is 1. The van der Waals surface area contributed by atoms with E-state index in [1.807, 2.05) is 24.1 Å². The summed E-state index contributed by atoms with van der Waals surface area (Å²) in [6.45, 7) is 5.74. The van der Waals surface area contributed by atoms with Gasteiger partial charge in [0.05, 0.1) is 38.0 Å². The maximum Gasteiger partial charge on any atom is 0.306 e. The van der Waals surface area contributed by atoms with E-state index in [0.717, 1.165) is 35.2 Å². The Balaban J connectivity index is 1.21. The van der Waals surface area contributed by atoms with Crippen LogP contribution in [0.15, 0.2) is 35.7 Å². The van der Waals surface area contributed by atoms with Crippen LogP contribution in [-0.4, -0.2) is 50.7 Å². The number of likely N-dealkylation sites (tertiary alicyclic amines) is 1. The van der Waals surface area contributed by atoms with Gasteiger partial charge >= 0.3 is 10.1 Å². The Morgan fingerprint density at radius 2 is 1.75 bits per heavy atom. The van der Waals surface area contributed by atoms with Crippen LogP contribution in [0.25, 0.3) is 0 Å². The molecule has 2 aromatic carbocycles. The van der Waals surface area contributed by atoms with Crippen molar-refractivity contribution in [2.24, 2.45) is 0 Å². The fraction of sp³-hybridized carbons (Fsp3) is 0.448. The highest BCUT2D eigenvalue weighted by atomic mass is 32.2. The van der Waals surface area contributed by atoms with E-state index in [1.165, 1.54) is 5.56 Å². The number of benzene rings is 2. The zero-order valence-electron chi connectivity index (χ0n) is 23.1. The van der Waals surface area contributed by atoms with Crippen molar-refractivity contribution >= 4 is 27.4 Å². The Hall–Kier alpha value is -2.99. The van der Waals surface area contributed by atoms with Crippen LogP contribution < -0.4 is 8.92 Å². The van der Waals surface area contributed by atoms with Crippen LogP contribution in [0.4, 0.5) is 0 Å². The maximum absolute atomic E-state index is 13.0. The third-order valence-corrected chi connectivity index (χ3v) is 8.90. The van der Waals surface area contributed by atoms with Gasteiger partial charge in [0.25, 0.3) is 0 Å². The van der Waals surface area contributed by atoms with Crippen LogP contribution in [0.5, 0.6) is 11.5 Å². The topological polar surface area (TPSA) is 104 Å². The molecule has 1 aromatic heterocycles. The average molecular weight is 587 g/mol. The van der Waals surface area contributed by atoms with Gasteiger partial charge in [-0.3, -0.25) is 4.79 Å². The van der Waals surface area contributed by atoms with E-state index in [9.17, 15) is 13.2 Å². The monoisotopic (exact) mass is 586 g/mol. The summed E-state index contributed by atoms with van der Waals surface area (Å²) in [7, 11) is -2.17. The van der Waals surface area contributed by atoms with Crippen LogP contribution in [0.1, 0.15) is 63.6 Å². The maximum atomic E-state index is 13.0. The summed E-state index contributed by atoms with van der Waals surface area (Å²) in [6.07, 6.45) is 2.43. The SMILES string of the molecule is COc1ccc(OS(C)(=O)=O)c2c1COC(c1csc(C3CCN(C(=O)Cc4cc(C)ccc4C)CC3)n1)OC2. The number of rotatable bonds is 7. The number of thiazole rings is 1. The zero-order valence-corrected chi connectivity index (χ0v) is 24.8. The molecule has 0 saturated carbocycles. The number of methoxy groups -OCH3 is 1. The first-order valence-corrected chi connectivity index (χ1v) is 15.9. The molecule has 3 aromatic rings. The first-order chi connectivity index (χ1) is 19.1. The largest absolute Gasteiger partial charge is 0.496 e. The predicted molar refractivity (Wildman–Crippen MR) is 151 cm³/mol. The van der Waals surface area contributed by atoms with Crippen LogP contribution in [0, 0.1) is 13.8 Å². The standard InChI is InChI=1S/C29H34N2O7S2/c1-18-5-6-19(2)21(13-18)14-27(32)31-11-9-20(10-12-31)28-30-24(17-39-28)29-36-15-22-23(16-37-29)26(38-40(4,33)34)8-7-25(22)35-3/h5-8,13,17,20,29H,9-12,14-16H2,1-4H3. The third-order valence-electron chi connectivity index (χ3n) is 7.39. The number of nitrogens with zero attached hydrogens (tertiary/aromatic N) is 2. The third kappa shape index (κ3) is 6.49. The van der Waals surface area contributed by atoms with E-state index in [1.54, 1.807) is 30.6 Å². The van der Waals surface area contributed by atoms with Crippen molar-refractivity contribution in [2.75, 3.05) is 26.5 Å². The van der Waals surface area contributed by atoms with Gasteiger partial charge in [-0.05, 0) is 49.9 Å². The van der Waals surface area contributed by atoms with E-state index in [0.29, 0.717) is 42.1 Å². The summed E-state index contributed by atoms with van der Waals surface area (Å²) in [5.74, 6) is 1.20. The predicted octanol–water partition coefficient (Wildman–Crippen LogP) is 4.80. The number of carbonyl (C=O) groups excluding carboxylic acids is 1. The van der Waals surface area contributed by atoms with Crippen molar-refractivity contribution in [1.82, 2.24) is 9.88 Å². The quantitative estimate of drug-likeness (QED) is 0.364. The van der Waals surface area contributed by atoms with Gasteiger partial charge in [0.1, 0.15) is 17.2 Å². The molecular weight excluding hydrogens is 552 g/mol. The lowest BCUT2D eigenvalue weighted by molar-refractivity contribution is -0.155. The molecule has 1 saturated heterocycles. The molecule has 1 atom stereocenters. The second-order valence-corrected chi connectivity index (χ2v) is 12.8. The van der Waals surface area contributed by atoms with Crippen molar-refractivity contribution in [3.63, 3.8) is 0 Å². The van der Waals surface area contributed by atoms with Crippen molar-refractivity contribution in [3.05, 3.63) is 74.2 Å². The Morgan fingerprint density at radius 1 is 1.07 bits per heavy atom. The first-order valence-electron chi connectivity index (χ1n) is 13.2. The van der Waals surface area contributed by atoms with Crippen LogP contribution >= 0.6 is 11.3 Å². The molecule has 40 heavy (non-hydrogen) atoms. The Morgan fingerprint density at radius 3 is 2.42 bits per heavy atom. The van der Waals surface area contributed by atoms with Crippen LogP contribution in [0.2, 0.25) is 0 Å². The molecule has 0 aliphatic carbocycles. The minimum atomic E-state index is -3.72. The van der Waals surface area contributed by atoms with Gasteiger partial charge in [-0.15, -0.1) is 11.3 Å². The van der Waals surface area contributed by atoms with E-state index in [4.69, 9.17) is 23.4 Å². The molecule has 0 N–H and O–H groups in total. The zero-order chi connectivity index (χ0) is 28.4. The molecule has 214 valence electrons. The van der Waals surface area contributed by atoms with E-state index < -0.39 is 16.4 Å². The number of fused-ring (bicyclic) bond motifs is 1. The van der Waals surface area contributed by atoms with E-state index in [2.05, 4.69) is 18.2 Å². The summed E-state index contributed by atoms with van der Waals surface area (Å²) in [5.41, 5.74) is 5.33. The molecular formula is C29H34N2O7S2. The summed E-state index contributed by atoms with van der Waals surface area (Å²) in [4.78, 5) is 19.8. The lowest BCUT2D eigenvalue weighted by atomic mass is 9.96. The molecule has 11 heteroatoms. The molecule has 0 radical (unpaired) electrons. The fourth-order valence-electron chi connectivity index (χ4n) is 5.17. The molecule has 0 spiro atoms. The molecule has 9 nitrogen and oxygen atoms in total. The van der Waals surface area contributed by atoms with Crippen molar-refractivity contribution in [3.8, 4) is 11.5 Å². The number of ether oxygens (including phenoxy) is 3. The number of carbonyl (C=O) groups is 1. The Labute approximate surface area is 239 Å². The molecule has 2 aliphatic rings. The van der Waals surface area contributed by atoms with Gasteiger partial charge in [-0.1, -0.05) is 23.8 Å². The average Bonchev–Trinajstić information content (AvgIpc) is 3.30. The van der Waals surface area contributed by atoms with Gasteiger partial charge in [0.2, 0.25) is 12.2 Å². The number of aromatic nitrogens is 1.